The van der Waals surface area contributed by atoms with Gasteiger partial charge in [-0.1, -0.05) is 17.3 Å². The van der Waals surface area contributed by atoms with Gasteiger partial charge in [-0.2, -0.15) is 11.3 Å². The van der Waals surface area contributed by atoms with Crippen molar-refractivity contribution >= 4 is 17.2 Å². The second-order valence-electron chi connectivity index (χ2n) is 5.50. The molecule has 0 unspecified atom stereocenters. The van der Waals surface area contributed by atoms with Crippen LogP contribution in [0.5, 0.6) is 0 Å². The molecule has 124 valence electrons. The maximum Gasteiger partial charge on any atom is 0.220 e. The largest absolute Gasteiger partial charge is 0.350 e. The van der Waals surface area contributed by atoms with Gasteiger partial charge in [-0.15, -0.1) is 5.10 Å². The van der Waals surface area contributed by atoms with Crippen molar-refractivity contribution in [2.24, 2.45) is 0 Å². The van der Waals surface area contributed by atoms with Gasteiger partial charge >= 0.3 is 0 Å². The third-order valence-electron chi connectivity index (χ3n) is 3.66. The number of rotatable bonds is 6. The molecule has 1 amide bonds. The van der Waals surface area contributed by atoms with Gasteiger partial charge in [0.05, 0.1) is 18.4 Å². The molecule has 1 aromatic carbocycles. The first kappa shape index (κ1) is 16.3. The SMILES string of the molecule is Cc1ccc(CCC(=O)NCc2cn(-c3ccsc3)nn2)cc1F. The molecule has 0 radical (unpaired) electrons. The van der Waals surface area contributed by atoms with Gasteiger partial charge in [0, 0.05) is 11.8 Å². The van der Waals surface area contributed by atoms with Gasteiger partial charge in [0.2, 0.25) is 5.91 Å². The Kier molecular flexibility index (Phi) is 5.00. The molecule has 0 aliphatic rings. The van der Waals surface area contributed by atoms with E-state index in [2.05, 4.69) is 15.6 Å². The fraction of sp³-hybridized carbons (Fsp3) is 0.235. The number of hydrogen-bond acceptors (Lipinski definition) is 4. The van der Waals surface area contributed by atoms with Crippen LogP contribution in [0.3, 0.4) is 0 Å². The number of amides is 1. The highest BCUT2D eigenvalue weighted by atomic mass is 32.1. The number of nitrogens with zero attached hydrogens (tertiary/aromatic N) is 3. The van der Waals surface area contributed by atoms with E-state index in [4.69, 9.17) is 0 Å². The molecule has 0 aliphatic carbocycles. The third kappa shape index (κ3) is 4.05. The Labute approximate surface area is 143 Å². The molecule has 1 N–H and O–H groups in total. The number of halogens is 1. The van der Waals surface area contributed by atoms with Crippen molar-refractivity contribution in [3.05, 3.63) is 63.9 Å². The Morgan fingerprint density at radius 1 is 1.38 bits per heavy atom. The van der Waals surface area contributed by atoms with Crippen molar-refractivity contribution in [2.75, 3.05) is 0 Å². The monoisotopic (exact) mass is 344 g/mol. The van der Waals surface area contributed by atoms with E-state index in [0.29, 0.717) is 30.6 Å². The van der Waals surface area contributed by atoms with E-state index < -0.39 is 0 Å². The summed E-state index contributed by atoms with van der Waals surface area (Å²) in [7, 11) is 0. The van der Waals surface area contributed by atoms with E-state index in [1.165, 1.54) is 6.07 Å². The van der Waals surface area contributed by atoms with E-state index >= 15 is 0 Å². The molecule has 0 fully saturated rings. The normalized spacial score (nSPS) is 10.8. The molecule has 7 heteroatoms. The number of aromatic nitrogens is 3. The van der Waals surface area contributed by atoms with E-state index in [1.807, 2.05) is 22.9 Å². The molecule has 0 aliphatic heterocycles. The molecule has 3 aromatic rings. The Hall–Kier alpha value is -2.54. The lowest BCUT2D eigenvalue weighted by Crippen LogP contribution is -2.23. The molecule has 3 rings (SSSR count). The van der Waals surface area contributed by atoms with Gasteiger partial charge in [0.25, 0.3) is 0 Å². The summed E-state index contributed by atoms with van der Waals surface area (Å²) in [5.41, 5.74) is 3.07. The quantitative estimate of drug-likeness (QED) is 0.748. The van der Waals surface area contributed by atoms with E-state index in [1.54, 1.807) is 35.2 Å². The van der Waals surface area contributed by atoms with E-state index in [-0.39, 0.29) is 11.7 Å². The Bertz CT molecular complexity index is 829. The van der Waals surface area contributed by atoms with Gasteiger partial charge in [-0.3, -0.25) is 4.79 Å². The van der Waals surface area contributed by atoms with Gasteiger partial charge in [-0.25, -0.2) is 9.07 Å². The summed E-state index contributed by atoms with van der Waals surface area (Å²) >= 11 is 1.58. The molecule has 0 spiro atoms. The van der Waals surface area contributed by atoms with Crippen molar-refractivity contribution in [3.63, 3.8) is 0 Å². The number of carbonyl (C=O) groups excluding carboxylic acids is 1. The van der Waals surface area contributed by atoms with E-state index in [9.17, 15) is 9.18 Å². The van der Waals surface area contributed by atoms with Crippen LogP contribution >= 0.6 is 11.3 Å². The van der Waals surface area contributed by atoms with Crippen molar-refractivity contribution < 1.29 is 9.18 Å². The summed E-state index contributed by atoms with van der Waals surface area (Å²) in [6.45, 7) is 2.04. The predicted octanol–water partition coefficient (Wildman–Crippen LogP) is 3.03. The zero-order valence-electron chi connectivity index (χ0n) is 13.2. The minimum Gasteiger partial charge on any atom is -0.350 e. The van der Waals surface area contributed by atoms with Crippen molar-refractivity contribution in [3.8, 4) is 5.69 Å². The first-order chi connectivity index (χ1) is 11.6. The smallest absolute Gasteiger partial charge is 0.220 e. The summed E-state index contributed by atoms with van der Waals surface area (Å²) in [6, 6.07) is 7.00. The fourth-order valence-corrected chi connectivity index (χ4v) is 2.84. The lowest BCUT2D eigenvalue weighted by atomic mass is 10.1. The van der Waals surface area contributed by atoms with Crippen molar-refractivity contribution in [2.45, 2.75) is 26.3 Å². The van der Waals surface area contributed by atoms with Crippen LogP contribution in [0.15, 0.2) is 41.2 Å². The van der Waals surface area contributed by atoms with Crippen LogP contribution in [0.25, 0.3) is 5.69 Å². The molecule has 2 heterocycles. The highest BCUT2D eigenvalue weighted by molar-refractivity contribution is 7.08. The molecule has 5 nitrogen and oxygen atoms in total. The van der Waals surface area contributed by atoms with Gasteiger partial charge < -0.3 is 5.32 Å². The standard InChI is InChI=1S/C17H17FN4OS/c1-12-2-3-13(8-16(12)18)4-5-17(23)19-9-14-10-22(21-20-14)15-6-7-24-11-15/h2-3,6-8,10-11H,4-5,9H2,1H3,(H,19,23). The van der Waals surface area contributed by atoms with Crippen LogP contribution < -0.4 is 5.32 Å². The number of aryl methyl sites for hydroxylation is 2. The Morgan fingerprint density at radius 2 is 2.25 bits per heavy atom. The molecule has 0 saturated heterocycles. The lowest BCUT2D eigenvalue weighted by Gasteiger charge is -2.04. The second-order valence-corrected chi connectivity index (χ2v) is 6.28. The minimum atomic E-state index is -0.238. The van der Waals surface area contributed by atoms with Crippen LogP contribution in [-0.2, 0) is 17.8 Å². The fourth-order valence-electron chi connectivity index (χ4n) is 2.22. The number of hydrogen-bond donors (Lipinski definition) is 1. The van der Waals surface area contributed by atoms with Gasteiger partial charge in [0.1, 0.15) is 11.5 Å². The second kappa shape index (κ2) is 7.35. The number of thiophene rings is 1. The van der Waals surface area contributed by atoms with Crippen molar-refractivity contribution in [1.29, 1.82) is 0 Å². The summed E-state index contributed by atoms with van der Waals surface area (Å²) in [6.07, 6.45) is 2.60. The molecule has 0 saturated carbocycles. The number of carbonyl (C=O) groups is 1. The topological polar surface area (TPSA) is 59.8 Å². The Morgan fingerprint density at radius 3 is 3.00 bits per heavy atom. The van der Waals surface area contributed by atoms with E-state index in [0.717, 1.165) is 11.3 Å². The third-order valence-corrected chi connectivity index (χ3v) is 4.33. The molecule has 0 atom stereocenters. The summed E-state index contributed by atoms with van der Waals surface area (Å²) in [4.78, 5) is 11.9. The lowest BCUT2D eigenvalue weighted by molar-refractivity contribution is -0.121. The Balaban J connectivity index is 1.48. The summed E-state index contributed by atoms with van der Waals surface area (Å²) < 4.78 is 15.1. The van der Waals surface area contributed by atoms with Crippen LogP contribution in [0.2, 0.25) is 0 Å². The first-order valence-electron chi connectivity index (χ1n) is 7.57. The highest BCUT2D eigenvalue weighted by Gasteiger charge is 2.07. The maximum absolute atomic E-state index is 13.5. The first-order valence-corrected chi connectivity index (χ1v) is 8.51. The number of nitrogens with one attached hydrogen (secondary N) is 1. The molecule has 2 aromatic heterocycles. The van der Waals surface area contributed by atoms with Gasteiger partial charge in [-0.05, 0) is 42.0 Å². The van der Waals surface area contributed by atoms with Gasteiger partial charge in [0.15, 0.2) is 0 Å². The molecule has 24 heavy (non-hydrogen) atoms. The van der Waals surface area contributed by atoms with Crippen LogP contribution in [0.4, 0.5) is 4.39 Å². The molecule has 0 bridgehead atoms. The predicted molar refractivity (Wildman–Crippen MR) is 90.5 cm³/mol. The minimum absolute atomic E-state index is 0.0962. The highest BCUT2D eigenvalue weighted by Crippen LogP contribution is 2.12. The molecular formula is C17H17FN4OS. The van der Waals surface area contributed by atoms with Crippen LogP contribution in [0.1, 0.15) is 23.2 Å². The zero-order chi connectivity index (χ0) is 16.9. The summed E-state index contributed by atoms with van der Waals surface area (Å²) in [5, 5.41) is 14.8. The molecular weight excluding hydrogens is 327 g/mol. The van der Waals surface area contributed by atoms with Crippen molar-refractivity contribution in [1.82, 2.24) is 20.3 Å². The summed E-state index contributed by atoms with van der Waals surface area (Å²) in [5.74, 6) is -0.334. The maximum atomic E-state index is 13.5. The average molecular weight is 344 g/mol. The van der Waals surface area contributed by atoms with Crippen LogP contribution in [-0.4, -0.2) is 20.9 Å². The number of benzene rings is 1. The van der Waals surface area contributed by atoms with Crippen LogP contribution in [0, 0.1) is 12.7 Å². The zero-order valence-corrected chi connectivity index (χ0v) is 14.0. The average Bonchev–Trinajstić information content (AvgIpc) is 3.25.